The Morgan fingerprint density at radius 2 is 1.76 bits per heavy atom. The summed E-state index contributed by atoms with van der Waals surface area (Å²) >= 11 is 0. The fourth-order valence-corrected chi connectivity index (χ4v) is 1.53. The third-order valence-corrected chi connectivity index (χ3v) is 2.40. The standard InChI is InChI=1S/C11H15NO5/c1-2-17-11(16)6-3-8(13)7-12-9(14)4-5-10(12)15/h2-7H2,1H3. The molecule has 0 radical (unpaired) electrons. The molecule has 1 aliphatic heterocycles. The van der Waals surface area contributed by atoms with Crippen molar-refractivity contribution in [3.8, 4) is 0 Å². The minimum atomic E-state index is -0.445. The number of amides is 2. The van der Waals surface area contributed by atoms with Gasteiger partial charge in [0.05, 0.1) is 19.6 Å². The van der Waals surface area contributed by atoms with E-state index in [0.29, 0.717) is 0 Å². The Labute approximate surface area is 98.9 Å². The zero-order valence-corrected chi connectivity index (χ0v) is 9.73. The molecular formula is C11H15NO5. The first-order chi connectivity index (χ1) is 8.04. The summed E-state index contributed by atoms with van der Waals surface area (Å²) in [6, 6.07) is 0. The highest BCUT2D eigenvalue weighted by molar-refractivity contribution is 6.04. The van der Waals surface area contributed by atoms with E-state index >= 15 is 0 Å². The molecule has 1 saturated heterocycles. The predicted molar refractivity (Wildman–Crippen MR) is 56.8 cm³/mol. The summed E-state index contributed by atoms with van der Waals surface area (Å²) in [5.41, 5.74) is 0. The summed E-state index contributed by atoms with van der Waals surface area (Å²) in [5, 5.41) is 0. The van der Waals surface area contributed by atoms with Crippen molar-refractivity contribution in [2.24, 2.45) is 0 Å². The van der Waals surface area contributed by atoms with Crippen molar-refractivity contribution in [2.75, 3.05) is 13.2 Å². The number of carbonyl (C=O) groups is 4. The van der Waals surface area contributed by atoms with E-state index in [1.165, 1.54) is 0 Å². The lowest BCUT2D eigenvalue weighted by molar-refractivity contribution is -0.144. The van der Waals surface area contributed by atoms with Gasteiger partial charge in [-0.15, -0.1) is 0 Å². The topological polar surface area (TPSA) is 80.8 Å². The third-order valence-electron chi connectivity index (χ3n) is 2.40. The molecule has 6 nitrogen and oxygen atoms in total. The summed E-state index contributed by atoms with van der Waals surface area (Å²) in [7, 11) is 0. The first-order valence-corrected chi connectivity index (χ1v) is 5.55. The summed E-state index contributed by atoms with van der Waals surface area (Å²) in [4.78, 5) is 45.8. The minimum Gasteiger partial charge on any atom is -0.466 e. The highest BCUT2D eigenvalue weighted by Crippen LogP contribution is 2.11. The molecule has 0 aromatic rings. The van der Waals surface area contributed by atoms with Crippen LogP contribution in [-0.2, 0) is 23.9 Å². The summed E-state index contributed by atoms with van der Waals surface area (Å²) in [6.45, 7) is 1.73. The van der Waals surface area contributed by atoms with Crippen LogP contribution < -0.4 is 0 Å². The van der Waals surface area contributed by atoms with Gasteiger partial charge in [-0.25, -0.2) is 0 Å². The van der Waals surface area contributed by atoms with Gasteiger partial charge in [-0.3, -0.25) is 24.1 Å². The quantitative estimate of drug-likeness (QED) is 0.484. The van der Waals surface area contributed by atoms with Crippen LogP contribution in [0.5, 0.6) is 0 Å². The van der Waals surface area contributed by atoms with Crippen molar-refractivity contribution in [1.29, 1.82) is 0 Å². The van der Waals surface area contributed by atoms with E-state index in [4.69, 9.17) is 0 Å². The number of rotatable bonds is 6. The second-order valence-electron chi connectivity index (χ2n) is 3.72. The van der Waals surface area contributed by atoms with Gasteiger partial charge in [0.2, 0.25) is 11.8 Å². The Morgan fingerprint density at radius 1 is 1.18 bits per heavy atom. The van der Waals surface area contributed by atoms with Gasteiger partial charge < -0.3 is 4.74 Å². The lowest BCUT2D eigenvalue weighted by atomic mass is 10.2. The van der Waals surface area contributed by atoms with Gasteiger partial charge in [0, 0.05) is 19.3 Å². The molecule has 17 heavy (non-hydrogen) atoms. The largest absolute Gasteiger partial charge is 0.466 e. The Hall–Kier alpha value is -1.72. The molecule has 2 amide bonds. The average molecular weight is 241 g/mol. The van der Waals surface area contributed by atoms with Crippen molar-refractivity contribution in [2.45, 2.75) is 32.6 Å². The Balaban J connectivity index is 2.32. The first kappa shape index (κ1) is 13.3. The number of ether oxygens (including phenoxy) is 1. The van der Waals surface area contributed by atoms with Gasteiger partial charge in [0.15, 0.2) is 5.78 Å². The number of ketones is 1. The second kappa shape index (κ2) is 6.12. The number of hydrogen-bond donors (Lipinski definition) is 0. The van der Waals surface area contributed by atoms with E-state index < -0.39 is 5.97 Å². The van der Waals surface area contributed by atoms with E-state index in [1.807, 2.05) is 0 Å². The van der Waals surface area contributed by atoms with Crippen LogP contribution in [0.2, 0.25) is 0 Å². The van der Waals surface area contributed by atoms with Gasteiger partial charge in [-0.1, -0.05) is 0 Å². The molecule has 1 aliphatic rings. The van der Waals surface area contributed by atoms with Gasteiger partial charge in [-0.05, 0) is 6.92 Å². The van der Waals surface area contributed by atoms with Crippen molar-refractivity contribution < 1.29 is 23.9 Å². The lowest BCUT2D eigenvalue weighted by Crippen LogP contribution is -2.34. The van der Waals surface area contributed by atoms with Crippen LogP contribution in [0.3, 0.4) is 0 Å². The molecule has 0 bridgehead atoms. The van der Waals surface area contributed by atoms with Crippen LogP contribution in [0.1, 0.15) is 32.6 Å². The Kier molecular flexibility index (Phi) is 4.81. The summed E-state index contributed by atoms with van der Waals surface area (Å²) < 4.78 is 4.67. The summed E-state index contributed by atoms with van der Waals surface area (Å²) in [6.07, 6.45) is 0.326. The fourth-order valence-electron chi connectivity index (χ4n) is 1.53. The van der Waals surface area contributed by atoms with Gasteiger partial charge in [-0.2, -0.15) is 0 Å². The Bertz CT molecular complexity index is 334. The zero-order valence-electron chi connectivity index (χ0n) is 9.73. The van der Waals surface area contributed by atoms with Crippen LogP contribution in [0.4, 0.5) is 0 Å². The van der Waals surface area contributed by atoms with Gasteiger partial charge >= 0.3 is 5.97 Å². The molecule has 1 fully saturated rings. The molecule has 0 aliphatic carbocycles. The van der Waals surface area contributed by atoms with Crippen LogP contribution in [0.15, 0.2) is 0 Å². The van der Waals surface area contributed by atoms with Crippen molar-refractivity contribution >= 4 is 23.6 Å². The highest BCUT2D eigenvalue weighted by Gasteiger charge is 2.30. The molecule has 0 N–H and O–H groups in total. The van der Waals surface area contributed by atoms with E-state index in [1.54, 1.807) is 6.92 Å². The molecule has 94 valence electrons. The minimum absolute atomic E-state index is 0.00407. The SMILES string of the molecule is CCOC(=O)CCC(=O)CN1C(=O)CCC1=O. The normalized spacial score (nSPS) is 15.2. The fraction of sp³-hybridized carbons (Fsp3) is 0.636. The molecule has 1 rings (SSSR count). The molecule has 0 aromatic carbocycles. The second-order valence-corrected chi connectivity index (χ2v) is 3.72. The lowest BCUT2D eigenvalue weighted by Gasteiger charge is -2.12. The Morgan fingerprint density at radius 3 is 2.29 bits per heavy atom. The number of nitrogens with zero attached hydrogens (tertiary/aromatic N) is 1. The maximum absolute atomic E-state index is 11.4. The van der Waals surface area contributed by atoms with Crippen molar-refractivity contribution in [1.82, 2.24) is 4.90 Å². The third kappa shape index (κ3) is 3.97. The number of imide groups is 1. The van der Waals surface area contributed by atoms with Gasteiger partial charge in [0.25, 0.3) is 0 Å². The molecule has 0 atom stereocenters. The van der Waals surface area contributed by atoms with E-state index in [2.05, 4.69) is 4.74 Å². The number of likely N-dealkylation sites (tertiary alicyclic amines) is 1. The van der Waals surface area contributed by atoms with E-state index in [0.717, 1.165) is 4.90 Å². The van der Waals surface area contributed by atoms with E-state index in [-0.39, 0.29) is 56.4 Å². The highest BCUT2D eigenvalue weighted by atomic mass is 16.5. The maximum Gasteiger partial charge on any atom is 0.306 e. The van der Waals surface area contributed by atoms with Gasteiger partial charge in [0.1, 0.15) is 0 Å². The van der Waals surface area contributed by atoms with Crippen LogP contribution >= 0.6 is 0 Å². The van der Waals surface area contributed by atoms with Crippen molar-refractivity contribution in [3.63, 3.8) is 0 Å². The molecule has 1 heterocycles. The van der Waals surface area contributed by atoms with Crippen LogP contribution in [-0.4, -0.2) is 41.6 Å². The first-order valence-electron chi connectivity index (χ1n) is 5.55. The summed E-state index contributed by atoms with van der Waals surface area (Å²) in [5.74, 6) is -1.39. The number of esters is 1. The molecule has 6 heteroatoms. The molecule has 0 aromatic heterocycles. The maximum atomic E-state index is 11.4. The monoisotopic (exact) mass is 241 g/mol. The van der Waals surface area contributed by atoms with E-state index in [9.17, 15) is 19.2 Å². The number of hydrogen-bond acceptors (Lipinski definition) is 5. The molecule has 0 spiro atoms. The molecular weight excluding hydrogens is 226 g/mol. The number of carbonyl (C=O) groups excluding carboxylic acids is 4. The molecule has 0 saturated carbocycles. The van der Waals surface area contributed by atoms with Crippen LogP contribution in [0, 0.1) is 0 Å². The number of Topliss-reactive ketones (excluding diaryl/α,β-unsaturated/α-hetero) is 1. The van der Waals surface area contributed by atoms with Crippen molar-refractivity contribution in [3.05, 3.63) is 0 Å². The smallest absolute Gasteiger partial charge is 0.306 e. The average Bonchev–Trinajstić information content (AvgIpc) is 2.58. The predicted octanol–water partition coefficient (Wildman–Crippen LogP) is 0.0478. The molecule has 0 unspecified atom stereocenters. The zero-order chi connectivity index (χ0) is 12.8. The van der Waals surface area contributed by atoms with Crippen LogP contribution in [0.25, 0.3) is 0 Å².